The van der Waals surface area contributed by atoms with E-state index >= 15 is 0 Å². The van der Waals surface area contributed by atoms with Gasteiger partial charge >= 0.3 is 5.97 Å². The summed E-state index contributed by atoms with van der Waals surface area (Å²) >= 11 is 1.35. The summed E-state index contributed by atoms with van der Waals surface area (Å²) in [4.78, 5) is 34.6. The Bertz CT molecular complexity index is 944. The van der Waals surface area contributed by atoms with Gasteiger partial charge in [-0.2, -0.15) is 0 Å². The SMILES string of the molecule is O=C(O)c1cccc(N=C2S/C(=C/c3ccc[nH]3)C(=O)N2C2CCCCC2)c1. The number of aromatic amines is 1. The molecule has 1 amide bonds. The predicted octanol–water partition coefficient (Wildman–Crippen LogP) is 4.65. The summed E-state index contributed by atoms with van der Waals surface area (Å²) in [7, 11) is 0. The molecular weight excluding hydrogens is 374 g/mol. The molecular formula is C21H21N3O3S. The number of benzene rings is 1. The van der Waals surface area contributed by atoms with E-state index in [9.17, 15) is 14.7 Å². The molecule has 7 heteroatoms. The maximum absolute atomic E-state index is 13.2. The number of aromatic nitrogens is 1. The average molecular weight is 395 g/mol. The van der Waals surface area contributed by atoms with Crippen molar-refractivity contribution in [2.75, 3.05) is 0 Å². The van der Waals surface area contributed by atoms with Gasteiger partial charge in [0.15, 0.2) is 5.17 Å². The topological polar surface area (TPSA) is 85.8 Å². The Morgan fingerprint density at radius 2 is 2.04 bits per heavy atom. The van der Waals surface area contributed by atoms with Crippen molar-refractivity contribution in [2.24, 2.45) is 4.99 Å². The second kappa shape index (κ2) is 8.06. The Hall–Kier alpha value is -2.80. The largest absolute Gasteiger partial charge is 0.478 e. The average Bonchev–Trinajstić information content (AvgIpc) is 3.31. The first-order valence-electron chi connectivity index (χ1n) is 9.40. The molecule has 2 aromatic rings. The number of aliphatic imine (C=N–C) groups is 1. The van der Waals surface area contributed by atoms with E-state index in [2.05, 4.69) is 9.98 Å². The van der Waals surface area contributed by atoms with E-state index in [4.69, 9.17) is 0 Å². The van der Waals surface area contributed by atoms with Gasteiger partial charge in [0.1, 0.15) is 0 Å². The van der Waals surface area contributed by atoms with Crippen molar-refractivity contribution >= 4 is 40.6 Å². The Labute approximate surface area is 167 Å². The Balaban J connectivity index is 1.70. The maximum Gasteiger partial charge on any atom is 0.335 e. The number of amidine groups is 1. The van der Waals surface area contributed by atoms with Gasteiger partial charge in [0, 0.05) is 17.9 Å². The van der Waals surface area contributed by atoms with Crippen molar-refractivity contribution in [1.29, 1.82) is 0 Å². The van der Waals surface area contributed by atoms with E-state index in [0.717, 1.165) is 31.4 Å². The highest BCUT2D eigenvalue weighted by atomic mass is 32.2. The summed E-state index contributed by atoms with van der Waals surface area (Å²) in [6.45, 7) is 0. The van der Waals surface area contributed by atoms with E-state index in [1.165, 1.54) is 30.3 Å². The second-order valence-corrected chi connectivity index (χ2v) is 7.96. The molecule has 6 nitrogen and oxygen atoms in total. The number of carboxylic acid groups (broad SMARTS) is 1. The summed E-state index contributed by atoms with van der Waals surface area (Å²) in [6.07, 6.45) is 9.02. The molecule has 144 valence electrons. The lowest BCUT2D eigenvalue weighted by Gasteiger charge is -2.30. The molecule has 1 saturated carbocycles. The molecule has 4 rings (SSSR count). The molecule has 28 heavy (non-hydrogen) atoms. The molecule has 1 aliphatic heterocycles. The van der Waals surface area contributed by atoms with Crippen molar-refractivity contribution in [1.82, 2.24) is 9.88 Å². The third-order valence-electron chi connectivity index (χ3n) is 5.00. The smallest absolute Gasteiger partial charge is 0.335 e. The van der Waals surface area contributed by atoms with Crippen LogP contribution in [0.1, 0.15) is 48.2 Å². The van der Waals surface area contributed by atoms with Gasteiger partial charge in [-0.25, -0.2) is 9.79 Å². The molecule has 0 bridgehead atoms. The number of amides is 1. The lowest BCUT2D eigenvalue weighted by molar-refractivity contribution is -0.124. The first-order chi connectivity index (χ1) is 13.6. The third-order valence-corrected chi connectivity index (χ3v) is 5.99. The van der Waals surface area contributed by atoms with Crippen LogP contribution in [-0.2, 0) is 4.79 Å². The first kappa shape index (κ1) is 18.6. The van der Waals surface area contributed by atoms with Crippen LogP contribution < -0.4 is 0 Å². The van der Waals surface area contributed by atoms with Crippen molar-refractivity contribution < 1.29 is 14.7 Å². The summed E-state index contributed by atoms with van der Waals surface area (Å²) in [5, 5.41) is 9.85. The fraction of sp³-hybridized carbons (Fsp3) is 0.286. The first-order valence-corrected chi connectivity index (χ1v) is 10.2. The third kappa shape index (κ3) is 3.89. The Morgan fingerprint density at radius 3 is 2.75 bits per heavy atom. The van der Waals surface area contributed by atoms with Crippen LogP contribution in [-0.4, -0.2) is 38.1 Å². The predicted molar refractivity (Wildman–Crippen MR) is 111 cm³/mol. The minimum Gasteiger partial charge on any atom is -0.478 e. The standard InChI is InChI=1S/C21H21N3O3S/c25-19-18(13-15-8-5-11-22-15)28-21(24(19)17-9-2-1-3-10-17)23-16-7-4-6-14(12-16)20(26)27/h4-8,11-13,17,22H,1-3,9-10H2,(H,26,27)/b18-13+,23-21?. The van der Waals surface area contributed by atoms with Gasteiger partial charge in [-0.1, -0.05) is 25.3 Å². The van der Waals surface area contributed by atoms with Crippen LogP contribution in [0.4, 0.5) is 5.69 Å². The Kier molecular flexibility index (Phi) is 5.34. The van der Waals surface area contributed by atoms with Gasteiger partial charge in [-0.05, 0) is 61.0 Å². The van der Waals surface area contributed by atoms with Crippen LogP contribution in [0.5, 0.6) is 0 Å². The van der Waals surface area contributed by atoms with Gasteiger partial charge in [0.05, 0.1) is 16.2 Å². The minimum absolute atomic E-state index is 0.0281. The van der Waals surface area contributed by atoms with Crippen LogP contribution in [0.25, 0.3) is 6.08 Å². The molecule has 2 heterocycles. The van der Waals surface area contributed by atoms with E-state index < -0.39 is 5.97 Å². The molecule has 0 spiro atoms. The van der Waals surface area contributed by atoms with Crippen molar-refractivity contribution in [3.63, 3.8) is 0 Å². The summed E-state index contributed by atoms with van der Waals surface area (Å²) in [5.41, 5.74) is 1.59. The van der Waals surface area contributed by atoms with Crippen molar-refractivity contribution in [3.05, 3.63) is 58.8 Å². The highest BCUT2D eigenvalue weighted by Crippen LogP contribution is 2.38. The number of carbonyl (C=O) groups excluding carboxylic acids is 1. The second-order valence-electron chi connectivity index (χ2n) is 6.95. The number of thioether (sulfide) groups is 1. The molecule has 2 fully saturated rings. The van der Waals surface area contributed by atoms with Crippen molar-refractivity contribution in [3.8, 4) is 0 Å². The van der Waals surface area contributed by atoms with Crippen LogP contribution in [0, 0.1) is 0 Å². The lowest BCUT2D eigenvalue weighted by Crippen LogP contribution is -2.40. The summed E-state index contributed by atoms with van der Waals surface area (Å²) < 4.78 is 0. The summed E-state index contributed by atoms with van der Waals surface area (Å²) in [5.74, 6) is -1.02. The van der Waals surface area contributed by atoms with Gasteiger partial charge in [-0.15, -0.1) is 0 Å². The number of nitrogens with one attached hydrogen (secondary N) is 1. The molecule has 2 N–H and O–H groups in total. The molecule has 1 aromatic carbocycles. The zero-order valence-corrected chi connectivity index (χ0v) is 16.1. The van der Waals surface area contributed by atoms with Crippen LogP contribution in [0.2, 0.25) is 0 Å². The molecule has 0 atom stereocenters. The van der Waals surface area contributed by atoms with Gasteiger partial charge in [0.25, 0.3) is 5.91 Å². The Morgan fingerprint density at radius 1 is 1.21 bits per heavy atom. The molecule has 0 radical (unpaired) electrons. The summed E-state index contributed by atoms with van der Waals surface area (Å²) in [6, 6.07) is 10.4. The fourth-order valence-corrected chi connectivity index (χ4v) is 4.67. The van der Waals surface area contributed by atoms with Gasteiger partial charge < -0.3 is 10.1 Å². The quantitative estimate of drug-likeness (QED) is 0.738. The number of rotatable bonds is 4. The maximum atomic E-state index is 13.2. The number of hydrogen-bond acceptors (Lipinski definition) is 4. The number of H-pyrrole nitrogens is 1. The number of hydrogen-bond donors (Lipinski definition) is 2. The number of aromatic carboxylic acids is 1. The number of carboxylic acids is 1. The van der Waals surface area contributed by atoms with E-state index in [-0.39, 0.29) is 17.5 Å². The fourth-order valence-electron chi connectivity index (χ4n) is 3.62. The molecule has 1 saturated heterocycles. The van der Waals surface area contributed by atoms with Crippen molar-refractivity contribution in [2.45, 2.75) is 38.1 Å². The molecule has 2 aliphatic rings. The van der Waals surface area contributed by atoms with Crippen LogP contribution in [0.15, 0.2) is 52.5 Å². The molecule has 0 unspecified atom stereocenters. The molecule has 1 aliphatic carbocycles. The lowest BCUT2D eigenvalue weighted by atomic mass is 9.94. The number of carbonyl (C=O) groups is 2. The van der Waals surface area contributed by atoms with Crippen LogP contribution >= 0.6 is 11.8 Å². The monoisotopic (exact) mass is 395 g/mol. The van der Waals surface area contributed by atoms with E-state index in [0.29, 0.717) is 15.8 Å². The number of nitrogens with zero attached hydrogens (tertiary/aromatic N) is 2. The molecule has 1 aromatic heterocycles. The highest BCUT2D eigenvalue weighted by molar-refractivity contribution is 8.18. The van der Waals surface area contributed by atoms with Gasteiger partial charge in [0.2, 0.25) is 0 Å². The minimum atomic E-state index is -0.992. The highest BCUT2D eigenvalue weighted by Gasteiger charge is 2.38. The normalized spacial score (nSPS) is 21.0. The van der Waals surface area contributed by atoms with Crippen LogP contribution in [0.3, 0.4) is 0 Å². The zero-order valence-electron chi connectivity index (χ0n) is 15.3. The van der Waals surface area contributed by atoms with E-state index in [1.54, 1.807) is 12.1 Å². The van der Waals surface area contributed by atoms with Gasteiger partial charge in [-0.3, -0.25) is 9.69 Å². The van der Waals surface area contributed by atoms with E-state index in [1.807, 2.05) is 29.3 Å². The zero-order chi connectivity index (χ0) is 19.5.